The molecule has 0 aliphatic carbocycles. The van der Waals surface area contributed by atoms with E-state index in [9.17, 15) is 4.39 Å². The van der Waals surface area contributed by atoms with Crippen molar-refractivity contribution < 1.29 is 13.9 Å². The van der Waals surface area contributed by atoms with Crippen molar-refractivity contribution in [3.63, 3.8) is 0 Å². The van der Waals surface area contributed by atoms with E-state index in [1.807, 2.05) is 24.4 Å². The Morgan fingerprint density at radius 1 is 1.09 bits per heavy atom. The second-order valence-corrected chi connectivity index (χ2v) is 9.50. The lowest BCUT2D eigenvalue weighted by Gasteiger charge is -2.32. The van der Waals surface area contributed by atoms with Gasteiger partial charge in [-0.1, -0.05) is 23.7 Å². The van der Waals surface area contributed by atoms with Gasteiger partial charge in [-0.05, 0) is 49.4 Å². The first-order chi connectivity index (χ1) is 16.6. The minimum absolute atomic E-state index is 0.126. The summed E-state index contributed by atoms with van der Waals surface area (Å²) in [6, 6.07) is 10.9. The maximum atomic E-state index is 14.2. The fraction of sp³-hybridized carbons (Fsp3) is 0.462. The topological polar surface area (TPSA) is 52.4 Å². The molecular formula is C26H30ClFN4O2. The van der Waals surface area contributed by atoms with Crippen molar-refractivity contribution in [2.24, 2.45) is 0 Å². The van der Waals surface area contributed by atoms with Gasteiger partial charge in [0.1, 0.15) is 17.7 Å². The van der Waals surface area contributed by atoms with Gasteiger partial charge in [-0.25, -0.2) is 14.4 Å². The zero-order valence-corrected chi connectivity index (χ0v) is 20.0. The highest BCUT2D eigenvalue weighted by atomic mass is 35.5. The van der Waals surface area contributed by atoms with E-state index in [0.29, 0.717) is 28.9 Å². The summed E-state index contributed by atoms with van der Waals surface area (Å²) in [5.74, 6) is 1.42. The van der Waals surface area contributed by atoms with Gasteiger partial charge in [0.25, 0.3) is 0 Å². The number of benzene rings is 1. The highest BCUT2D eigenvalue weighted by Gasteiger charge is 2.24. The van der Waals surface area contributed by atoms with Gasteiger partial charge >= 0.3 is 0 Å². The van der Waals surface area contributed by atoms with Crippen LogP contribution in [0.2, 0.25) is 5.02 Å². The molecule has 0 unspecified atom stereocenters. The van der Waals surface area contributed by atoms with Gasteiger partial charge < -0.3 is 14.0 Å². The van der Waals surface area contributed by atoms with Crippen LogP contribution in [0.4, 0.5) is 4.39 Å². The van der Waals surface area contributed by atoms with Crippen molar-refractivity contribution >= 4 is 11.6 Å². The molecule has 0 bridgehead atoms. The molecule has 5 rings (SSSR count). The molecule has 2 aliphatic rings. The van der Waals surface area contributed by atoms with Gasteiger partial charge in [-0.15, -0.1) is 0 Å². The van der Waals surface area contributed by atoms with Gasteiger partial charge in [0.2, 0.25) is 5.88 Å². The molecule has 0 spiro atoms. The van der Waals surface area contributed by atoms with Crippen LogP contribution >= 0.6 is 11.6 Å². The van der Waals surface area contributed by atoms with Crippen LogP contribution < -0.4 is 4.74 Å². The summed E-state index contributed by atoms with van der Waals surface area (Å²) >= 11 is 5.86. The summed E-state index contributed by atoms with van der Waals surface area (Å²) in [7, 11) is 0. The second-order valence-electron chi connectivity index (χ2n) is 9.07. The van der Waals surface area contributed by atoms with Crippen molar-refractivity contribution in [2.75, 3.05) is 26.3 Å². The molecular weight excluding hydrogens is 455 g/mol. The van der Waals surface area contributed by atoms with E-state index in [1.54, 1.807) is 12.1 Å². The minimum Gasteiger partial charge on any atom is -0.474 e. The van der Waals surface area contributed by atoms with Crippen LogP contribution in [0.25, 0.3) is 0 Å². The van der Waals surface area contributed by atoms with E-state index < -0.39 is 0 Å². The van der Waals surface area contributed by atoms with Crippen LogP contribution in [0, 0.1) is 5.82 Å². The predicted molar refractivity (Wildman–Crippen MR) is 129 cm³/mol. The molecule has 2 aliphatic heterocycles. The molecule has 2 saturated heterocycles. The highest BCUT2D eigenvalue weighted by molar-refractivity contribution is 6.30. The molecule has 1 aromatic carbocycles. The Bertz CT molecular complexity index is 1090. The van der Waals surface area contributed by atoms with Gasteiger partial charge in [0, 0.05) is 67.9 Å². The molecule has 4 heterocycles. The summed E-state index contributed by atoms with van der Waals surface area (Å²) in [5, 5.41) is 0.394. The Hall–Kier alpha value is -2.48. The summed E-state index contributed by atoms with van der Waals surface area (Å²) in [6.07, 6.45) is 8.53. The lowest BCUT2D eigenvalue weighted by atomic mass is 10.1. The molecule has 34 heavy (non-hydrogen) atoms. The molecule has 0 atom stereocenters. The van der Waals surface area contributed by atoms with E-state index in [1.165, 1.54) is 6.07 Å². The number of ether oxygens (including phenoxy) is 2. The Kier molecular flexibility index (Phi) is 7.42. The Morgan fingerprint density at radius 3 is 2.71 bits per heavy atom. The molecule has 6 nitrogen and oxygen atoms in total. The third kappa shape index (κ3) is 5.77. The number of pyridine rings is 1. The number of imidazole rings is 1. The number of nitrogens with zero attached hydrogens (tertiary/aromatic N) is 4. The van der Waals surface area contributed by atoms with Gasteiger partial charge in [0.05, 0.1) is 6.54 Å². The molecule has 0 N–H and O–H groups in total. The second kappa shape index (κ2) is 10.8. The summed E-state index contributed by atoms with van der Waals surface area (Å²) in [6.45, 7) is 4.43. The first kappa shape index (κ1) is 23.3. The maximum absolute atomic E-state index is 14.2. The third-order valence-corrected chi connectivity index (χ3v) is 6.92. The molecule has 0 radical (unpaired) electrons. The minimum atomic E-state index is -0.314. The molecule has 3 aromatic rings. The maximum Gasteiger partial charge on any atom is 0.213 e. The highest BCUT2D eigenvalue weighted by Crippen LogP contribution is 2.25. The van der Waals surface area contributed by atoms with Crippen LogP contribution in [-0.4, -0.2) is 51.8 Å². The molecule has 2 aromatic heterocycles. The molecule has 180 valence electrons. The smallest absolute Gasteiger partial charge is 0.213 e. The van der Waals surface area contributed by atoms with Gasteiger partial charge in [0.15, 0.2) is 0 Å². The summed E-state index contributed by atoms with van der Waals surface area (Å²) in [4.78, 5) is 11.7. The third-order valence-electron chi connectivity index (χ3n) is 6.69. The van der Waals surface area contributed by atoms with E-state index in [-0.39, 0.29) is 11.9 Å². The largest absolute Gasteiger partial charge is 0.474 e. The summed E-state index contributed by atoms with van der Waals surface area (Å²) < 4.78 is 28.2. The average Bonchev–Trinajstić information content (AvgIpc) is 3.31. The Balaban J connectivity index is 1.14. The lowest BCUT2D eigenvalue weighted by molar-refractivity contribution is 0.0659. The number of rotatable bonds is 7. The van der Waals surface area contributed by atoms with E-state index in [2.05, 4.69) is 25.6 Å². The fourth-order valence-electron chi connectivity index (χ4n) is 4.80. The van der Waals surface area contributed by atoms with E-state index in [4.69, 9.17) is 21.1 Å². The number of hydrogen-bond acceptors (Lipinski definition) is 5. The van der Waals surface area contributed by atoms with Crippen LogP contribution in [0.5, 0.6) is 5.88 Å². The first-order valence-electron chi connectivity index (χ1n) is 12.0. The normalized spacial score (nSPS) is 18.3. The Labute approximate surface area is 204 Å². The standard InChI is InChI=1S/C26H30ClFN4O2/c27-20-5-4-19(24(28)17-20)16-21-2-1-3-26(30-21)34-23-6-11-31(12-7-23)18-25-29-10-13-32(25)22-8-14-33-15-9-22/h1-5,10,13,17,22-23H,6-9,11-12,14-16,18H2. The van der Waals surface area contributed by atoms with Crippen molar-refractivity contribution in [3.8, 4) is 5.88 Å². The van der Waals surface area contributed by atoms with Crippen LogP contribution in [0.1, 0.15) is 48.8 Å². The molecule has 8 heteroatoms. The van der Waals surface area contributed by atoms with Crippen LogP contribution in [-0.2, 0) is 17.7 Å². The average molecular weight is 485 g/mol. The quantitative estimate of drug-likeness (QED) is 0.469. The molecule has 2 fully saturated rings. The van der Waals surface area contributed by atoms with Crippen molar-refractivity contribution in [2.45, 2.75) is 50.8 Å². The van der Waals surface area contributed by atoms with Crippen LogP contribution in [0.15, 0.2) is 48.8 Å². The number of aromatic nitrogens is 3. The van der Waals surface area contributed by atoms with Crippen molar-refractivity contribution in [1.82, 2.24) is 19.4 Å². The number of piperidine rings is 1. The van der Waals surface area contributed by atoms with Crippen LogP contribution in [0.3, 0.4) is 0 Å². The zero-order valence-electron chi connectivity index (χ0n) is 19.2. The van der Waals surface area contributed by atoms with E-state index in [0.717, 1.165) is 70.0 Å². The van der Waals surface area contributed by atoms with Crippen molar-refractivity contribution in [3.05, 3.63) is 76.7 Å². The first-order valence-corrected chi connectivity index (χ1v) is 12.4. The Morgan fingerprint density at radius 2 is 1.91 bits per heavy atom. The van der Waals surface area contributed by atoms with E-state index >= 15 is 0 Å². The van der Waals surface area contributed by atoms with Crippen molar-refractivity contribution in [1.29, 1.82) is 0 Å². The van der Waals surface area contributed by atoms with Gasteiger partial charge in [-0.2, -0.15) is 0 Å². The monoisotopic (exact) mass is 484 g/mol. The predicted octanol–water partition coefficient (Wildman–Crippen LogP) is 5.06. The number of halogens is 2. The SMILES string of the molecule is Fc1cc(Cl)ccc1Cc1cccc(OC2CCN(Cc3nccn3C3CCOCC3)CC2)n1. The number of likely N-dealkylation sites (tertiary alicyclic amines) is 1. The molecule has 0 saturated carbocycles. The fourth-order valence-corrected chi connectivity index (χ4v) is 4.96. The lowest BCUT2D eigenvalue weighted by Crippen LogP contribution is -2.38. The summed E-state index contributed by atoms with van der Waals surface area (Å²) in [5.41, 5.74) is 1.34. The molecule has 0 amide bonds. The number of hydrogen-bond donors (Lipinski definition) is 0. The zero-order chi connectivity index (χ0) is 23.3. The van der Waals surface area contributed by atoms with Gasteiger partial charge in [-0.3, -0.25) is 4.90 Å².